The van der Waals surface area contributed by atoms with Crippen LogP contribution >= 0.6 is 0 Å². The number of nitrogens with zero attached hydrogens (tertiary/aromatic N) is 3. The van der Waals surface area contributed by atoms with E-state index in [0.717, 1.165) is 30.5 Å². The monoisotopic (exact) mass is 266 g/mol. The van der Waals surface area contributed by atoms with Crippen molar-refractivity contribution in [1.29, 1.82) is 0 Å². The summed E-state index contributed by atoms with van der Waals surface area (Å²) in [6.45, 7) is 12.8. The molecular weight excluding hydrogens is 240 g/mol. The van der Waals surface area contributed by atoms with Crippen LogP contribution in [-0.2, 0) is 5.41 Å². The lowest BCUT2D eigenvalue weighted by atomic mass is 9.96. The van der Waals surface area contributed by atoms with E-state index >= 15 is 0 Å². The lowest BCUT2D eigenvalue weighted by Gasteiger charge is -2.25. The average molecular weight is 266 g/mol. The normalized spacial score (nSPS) is 11.5. The minimum Gasteiger partial charge on any atom is -0.395 e. The number of anilines is 2. The molecule has 0 bridgehead atoms. The van der Waals surface area contributed by atoms with Gasteiger partial charge in [-0.15, -0.1) is 0 Å². The molecule has 0 saturated carbocycles. The van der Waals surface area contributed by atoms with Crippen LogP contribution in [0.15, 0.2) is 6.07 Å². The van der Waals surface area contributed by atoms with Gasteiger partial charge in [0.25, 0.3) is 0 Å². The lowest BCUT2D eigenvalue weighted by Crippen LogP contribution is -2.29. The van der Waals surface area contributed by atoms with Crippen molar-refractivity contribution >= 4 is 11.6 Å². The largest absolute Gasteiger partial charge is 0.395 e. The molecule has 1 rings (SSSR count). The Kier molecular flexibility index (Phi) is 5.54. The predicted octanol–water partition coefficient (Wildman–Crippen LogP) is 2.02. The summed E-state index contributed by atoms with van der Waals surface area (Å²) in [6, 6.07) is 1.94. The molecule has 0 aromatic carbocycles. The second-order valence-corrected chi connectivity index (χ2v) is 5.52. The van der Waals surface area contributed by atoms with Crippen LogP contribution in [0.5, 0.6) is 0 Å². The Morgan fingerprint density at radius 3 is 2.42 bits per heavy atom. The van der Waals surface area contributed by atoms with Crippen LogP contribution in [0, 0.1) is 0 Å². The highest BCUT2D eigenvalue weighted by Crippen LogP contribution is 2.23. The minimum atomic E-state index is -0.0984. The molecule has 5 nitrogen and oxygen atoms in total. The van der Waals surface area contributed by atoms with Crippen LogP contribution in [0.1, 0.15) is 40.4 Å². The molecule has 0 spiro atoms. The summed E-state index contributed by atoms with van der Waals surface area (Å²) in [5.74, 6) is 2.53. The molecule has 0 saturated heterocycles. The Morgan fingerprint density at radius 2 is 1.95 bits per heavy atom. The Bertz CT molecular complexity index is 401. The van der Waals surface area contributed by atoms with Gasteiger partial charge in [-0.3, -0.25) is 0 Å². The highest BCUT2D eigenvalue weighted by molar-refractivity contribution is 5.50. The molecule has 108 valence electrons. The molecule has 0 aliphatic rings. The molecule has 2 N–H and O–H groups in total. The quantitative estimate of drug-likeness (QED) is 0.825. The Balaban J connectivity index is 3.18. The molecule has 1 heterocycles. The summed E-state index contributed by atoms with van der Waals surface area (Å²) in [4.78, 5) is 11.3. The molecule has 0 aliphatic heterocycles. The van der Waals surface area contributed by atoms with Crippen LogP contribution < -0.4 is 10.2 Å². The van der Waals surface area contributed by atoms with Crippen molar-refractivity contribution in [3.63, 3.8) is 0 Å². The molecular formula is C14H26N4O. The van der Waals surface area contributed by atoms with Gasteiger partial charge in [-0.25, -0.2) is 9.97 Å². The number of aliphatic hydroxyl groups excluding tert-OH is 1. The SMILES string of the molecule is CCNc1cc(N(CC)CCO)nc(C(C)(C)C)n1. The minimum absolute atomic E-state index is 0.0984. The summed E-state index contributed by atoms with van der Waals surface area (Å²) in [5, 5.41) is 12.4. The number of rotatable bonds is 6. The number of nitrogens with one attached hydrogen (secondary N) is 1. The van der Waals surface area contributed by atoms with E-state index < -0.39 is 0 Å². The van der Waals surface area contributed by atoms with Gasteiger partial charge in [0.05, 0.1) is 6.61 Å². The van der Waals surface area contributed by atoms with E-state index in [1.807, 2.05) is 13.0 Å². The maximum atomic E-state index is 9.13. The van der Waals surface area contributed by atoms with E-state index in [1.165, 1.54) is 0 Å². The van der Waals surface area contributed by atoms with Crippen molar-refractivity contribution in [1.82, 2.24) is 9.97 Å². The van der Waals surface area contributed by atoms with Crippen molar-refractivity contribution in [2.45, 2.75) is 40.0 Å². The molecule has 0 atom stereocenters. The third kappa shape index (κ3) is 4.35. The van der Waals surface area contributed by atoms with Gasteiger partial charge in [-0.2, -0.15) is 0 Å². The van der Waals surface area contributed by atoms with Gasteiger partial charge < -0.3 is 15.3 Å². The lowest BCUT2D eigenvalue weighted by molar-refractivity contribution is 0.302. The molecule has 0 radical (unpaired) electrons. The first kappa shape index (κ1) is 15.7. The maximum absolute atomic E-state index is 9.13. The molecule has 0 aliphatic carbocycles. The fraction of sp³-hybridized carbons (Fsp3) is 0.714. The average Bonchev–Trinajstić information content (AvgIpc) is 2.35. The van der Waals surface area contributed by atoms with Gasteiger partial charge >= 0.3 is 0 Å². The summed E-state index contributed by atoms with van der Waals surface area (Å²) < 4.78 is 0. The number of aromatic nitrogens is 2. The third-order valence-electron chi connectivity index (χ3n) is 2.82. The van der Waals surface area contributed by atoms with Gasteiger partial charge in [-0.1, -0.05) is 20.8 Å². The molecule has 19 heavy (non-hydrogen) atoms. The zero-order chi connectivity index (χ0) is 14.5. The fourth-order valence-corrected chi connectivity index (χ4v) is 1.76. The molecule has 5 heteroatoms. The number of likely N-dealkylation sites (N-methyl/N-ethyl adjacent to an activating group) is 1. The van der Waals surface area contributed by atoms with Crippen LogP contribution in [0.2, 0.25) is 0 Å². The van der Waals surface area contributed by atoms with Crippen molar-refractivity contribution in [2.24, 2.45) is 0 Å². The van der Waals surface area contributed by atoms with Crippen molar-refractivity contribution < 1.29 is 5.11 Å². The molecule has 0 fully saturated rings. The van der Waals surface area contributed by atoms with Gasteiger partial charge in [0.1, 0.15) is 17.5 Å². The van der Waals surface area contributed by atoms with Crippen molar-refractivity contribution in [3.05, 3.63) is 11.9 Å². The second-order valence-electron chi connectivity index (χ2n) is 5.52. The van der Waals surface area contributed by atoms with Crippen LogP contribution in [0.3, 0.4) is 0 Å². The zero-order valence-corrected chi connectivity index (χ0v) is 12.7. The van der Waals surface area contributed by atoms with Crippen molar-refractivity contribution in [2.75, 3.05) is 36.5 Å². The van der Waals surface area contributed by atoms with E-state index in [1.54, 1.807) is 0 Å². The molecule has 0 unspecified atom stereocenters. The van der Waals surface area contributed by atoms with E-state index in [9.17, 15) is 0 Å². The highest BCUT2D eigenvalue weighted by Gasteiger charge is 2.20. The zero-order valence-electron chi connectivity index (χ0n) is 12.7. The topological polar surface area (TPSA) is 61.3 Å². The standard InChI is InChI=1S/C14H26N4O/c1-6-15-11-10-12(18(7-2)8-9-19)17-13(16-11)14(3,4)5/h10,19H,6-9H2,1-5H3,(H,15,16,17). The predicted molar refractivity (Wildman–Crippen MR) is 79.9 cm³/mol. The summed E-state index contributed by atoms with van der Waals surface area (Å²) in [6.07, 6.45) is 0. The second kappa shape index (κ2) is 6.70. The Labute approximate surface area is 116 Å². The van der Waals surface area contributed by atoms with Gasteiger partial charge in [0, 0.05) is 31.1 Å². The van der Waals surface area contributed by atoms with Crippen LogP contribution in [0.4, 0.5) is 11.6 Å². The van der Waals surface area contributed by atoms with Crippen LogP contribution in [0.25, 0.3) is 0 Å². The van der Waals surface area contributed by atoms with Gasteiger partial charge in [0.2, 0.25) is 0 Å². The Hall–Kier alpha value is -1.36. The van der Waals surface area contributed by atoms with Crippen LogP contribution in [-0.4, -0.2) is 41.3 Å². The number of hydrogen-bond acceptors (Lipinski definition) is 5. The van der Waals surface area contributed by atoms with E-state index in [2.05, 4.69) is 47.9 Å². The number of aliphatic hydroxyl groups is 1. The fourth-order valence-electron chi connectivity index (χ4n) is 1.76. The maximum Gasteiger partial charge on any atom is 0.138 e. The van der Waals surface area contributed by atoms with Crippen molar-refractivity contribution in [3.8, 4) is 0 Å². The third-order valence-corrected chi connectivity index (χ3v) is 2.82. The summed E-state index contributed by atoms with van der Waals surface area (Å²) in [5.41, 5.74) is -0.0984. The first-order valence-corrected chi connectivity index (χ1v) is 6.91. The van der Waals surface area contributed by atoms with Gasteiger partial charge in [-0.05, 0) is 13.8 Å². The highest BCUT2D eigenvalue weighted by atomic mass is 16.3. The van der Waals surface area contributed by atoms with E-state index in [4.69, 9.17) is 5.11 Å². The smallest absolute Gasteiger partial charge is 0.138 e. The molecule has 0 amide bonds. The summed E-state index contributed by atoms with van der Waals surface area (Å²) in [7, 11) is 0. The summed E-state index contributed by atoms with van der Waals surface area (Å²) >= 11 is 0. The molecule has 1 aromatic heterocycles. The molecule has 1 aromatic rings. The van der Waals surface area contributed by atoms with E-state index in [0.29, 0.717) is 6.54 Å². The first-order chi connectivity index (χ1) is 8.92. The number of hydrogen-bond donors (Lipinski definition) is 2. The Morgan fingerprint density at radius 1 is 1.26 bits per heavy atom. The van der Waals surface area contributed by atoms with E-state index in [-0.39, 0.29) is 12.0 Å². The first-order valence-electron chi connectivity index (χ1n) is 6.91. The van der Waals surface area contributed by atoms with Gasteiger partial charge in [0.15, 0.2) is 0 Å².